The van der Waals surface area contributed by atoms with Crippen LogP contribution in [0.25, 0.3) is 11.0 Å². The molecule has 0 aromatic carbocycles. The van der Waals surface area contributed by atoms with E-state index in [2.05, 4.69) is 10.1 Å². The molecule has 10 heteroatoms. The highest BCUT2D eigenvalue weighted by Gasteiger charge is 2.66. The number of pyridine rings is 1. The van der Waals surface area contributed by atoms with Crippen LogP contribution in [0.15, 0.2) is 12.3 Å². The molecule has 1 saturated carbocycles. The lowest BCUT2D eigenvalue weighted by Crippen LogP contribution is -2.48. The van der Waals surface area contributed by atoms with Crippen molar-refractivity contribution < 1.29 is 24.1 Å². The van der Waals surface area contributed by atoms with Gasteiger partial charge in [0.25, 0.3) is 0 Å². The zero-order valence-corrected chi connectivity index (χ0v) is 15.7. The average molecular weight is 414 g/mol. The first-order valence-corrected chi connectivity index (χ1v) is 9.56. The van der Waals surface area contributed by atoms with E-state index >= 15 is 0 Å². The largest absolute Gasteiger partial charge is 0.393 e. The number of aliphatic hydroxyl groups excluding tert-OH is 1. The van der Waals surface area contributed by atoms with Gasteiger partial charge in [0.2, 0.25) is 0 Å². The van der Waals surface area contributed by atoms with E-state index in [-0.39, 0.29) is 5.15 Å². The Balaban J connectivity index is 1.61. The maximum absolute atomic E-state index is 11.9. The molecule has 0 bridgehead atoms. The van der Waals surface area contributed by atoms with Gasteiger partial charge in [-0.1, -0.05) is 23.2 Å². The van der Waals surface area contributed by atoms with Crippen LogP contribution in [0.1, 0.15) is 31.9 Å². The van der Waals surface area contributed by atoms with Crippen molar-refractivity contribution in [2.45, 2.75) is 55.5 Å². The third-order valence-corrected chi connectivity index (χ3v) is 6.14. The lowest BCUT2D eigenvalue weighted by atomic mass is 9.98. The summed E-state index contributed by atoms with van der Waals surface area (Å²) in [5, 5.41) is 15.5. The smallest absolute Gasteiger partial charge is 0.182 e. The van der Waals surface area contributed by atoms with Crippen LogP contribution in [0.3, 0.4) is 0 Å². The monoisotopic (exact) mass is 413 g/mol. The topological polar surface area (TPSA) is 95.7 Å². The highest BCUT2D eigenvalue weighted by Crippen LogP contribution is 2.52. The third-order valence-electron chi connectivity index (χ3n) is 5.63. The fourth-order valence-corrected chi connectivity index (χ4v) is 4.80. The van der Waals surface area contributed by atoms with Gasteiger partial charge in [-0.3, -0.25) is 4.79 Å². The number of nitrogens with zero attached hydrogens (tertiary/aromatic N) is 3. The number of hydrogen-bond donors (Lipinski definition) is 1. The van der Waals surface area contributed by atoms with Gasteiger partial charge >= 0.3 is 0 Å². The van der Waals surface area contributed by atoms with Crippen LogP contribution in [0.5, 0.6) is 0 Å². The van der Waals surface area contributed by atoms with Gasteiger partial charge in [-0.2, -0.15) is 5.10 Å². The molecule has 4 heterocycles. The Morgan fingerprint density at radius 2 is 2.07 bits per heavy atom. The minimum atomic E-state index is -1.53. The van der Waals surface area contributed by atoms with Gasteiger partial charge in [0, 0.05) is 12.8 Å². The molecule has 1 aliphatic carbocycles. The molecule has 144 valence electrons. The number of ether oxygens (including phenoxy) is 3. The first kappa shape index (κ1) is 17.8. The Hall–Kier alpha value is -1.29. The average Bonchev–Trinajstić information content (AvgIpc) is 3.40. The lowest BCUT2D eigenvalue weighted by molar-refractivity contribution is -0.233. The lowest BCUT2D eigenvalue weighted by Gasteiger charge is -2.30. The van der Waals surface area contributed by atoms with Crippen molar-refractivity contribution >= 4 is 40.5 Å². The van der Waals surface area contributed by atoms with E-state index < -0.39 is 36.4 Å². The number of carbonyl (C=O) groups excluding carboxylic acids is 1. The van der Waals surface area contributed by atoms with Gasteiger partial charge in [0.15, 0.2) is 29.5 Å². The molecule has 1 N–H and O–H groups in total. The molecule has 1 unspecified atom stereocenters. The Kier molecular flexibility index (Phi) is 4.02. The summed E-state index contributed by atoms with van der Waals surface area (Å²) in [5.74, 6) is -0.744. The zero-order valence-electron chi connectivity index (χ0n) is 14.2. The number of halogens is 2. The van der Waals surface area contributed by atoms with Crippen molar-refractivity contribution in [2.24, 2.45) is 0 Å². The van der Waals surface area contributed by atoms with E-state index in [9.17, 15) is 9.90 Å². The Labute approximate surface area is 164 Å². The van der Waals surface area contributed by atoms with Crippen molar-refractivity contribution in [3.8, 4) is 0 Å². The van der Waals surface area contributed by atoms with Crippen molar-refractivity contribution in [2.75, 3.05) is 6.61 Å². The fourth-order valence-electron chi connectivity index (χ4n) is 4.32. The van der Waals surface area contributed by atoms with Crippen LogP contribution >= 0.6 is 23.2 Å². The van der Waals surface area contributed by atoms with E-state index in [1.807, 2.05) is 0 Å². The molecule has 2 aromatic heterocycles. The quantitative estimate of drug-likeness (QED) is 0.608. The predicted molar refractivity (Wildman–Crippen MR) is 94.5 cm³/mol. The van der Waals surface area contributed by atoms with E-state index in [4.69, 9.17) is 37.4 Å². The van der Waals surface area contributed by atoms with Crippen molar-refractivity contribution in [1.82, 2.24) is 14.8 Å². The number of rotatable bonds is 3. The summed E-state index contributed by atoms with van der Waals surface area (Å²) in [5.41, 5.74) is -1.12. The molecule has 5 rings (SSSR count). The first-order valence-electron chi connectivity index (χ1n) is 8.81. The van der Waals surface area contributed by atoms with E-state index in [0.717, 1.165) is 25.7 Å². The van der Waals surface area contributed by atoms with Crippen molar-refractivity contribution in [3.05, 3.63) is 22.4 Å². The minimum absolute atomic E-state index is 0.212. The molecule has 8 nitrogen and oxygen atoms in total. The summed E-state index contributed by atoms with van der Waals surface area (Å²) in [7, 11) is 0. The molecule has 0 radical (unpaired) electrons. The number of hydrogen-bond acceptors (Lipinski definition) is 7. The molecule has 2 saturated heterocycles. The second-order valence-electron chi connectivity index (χ2n) is 7.23. The maximum atomic E-state index is 11.9. The standard InChI is InChI=1S/C17H17Cl2N3O5/c18-10-5-11(19)21-14-9(10)6-20-22(14)15-12-13(16(7-23,8-24)27-15)26-17(25-12)3-1-2-4-17/h5-7,12-13,15,24H,1-4,8H2/t12-,13+,15-,16?/m1/s1. The summed E-state index contributed by atoms with van der Waals surface area (Å²) in [6.07, 6.45) is 3.41. The number of aliphatic hydroxyl groups is 1. The van der Waals surface area contributed by atoms with Gasteiger partial charge in [0.1, 0.15) is 17.4 Å². The van der Waals surface area contributed by atoms with E-state index in [0.29, 0.717) is 22.3 Å². The third kappa shape index (κ3) is 2.48. The summed E-state index contributed by atoms with van der Waals surface area (Å²) >= 11 is 12.3. The fraction of sp³-hybridized carbons (Fsp3) is 0.588. The molecular formula is C17H17Cl2N3O5. The molecule has 0 amide bonds. The van der Waals surface area contributed by atoms with Crippen molar-refractivity contribution in [3.63, 3.8) is 0 Å². The SMILES string of the molecule is O=CC1(CO)O[C@@H](n2ncc3c(Cl)cc(Cl)nc32)[C@@H]2OC3(CCCC3)O[C@@H]21. The van der Waals surface area contributed by atoms with Crippen LogP contribution in [0.2, 0.25) is 10.2 Å². The summed E-state index contributed by atoms with van der Waals surface area (Å²) in [4.78, 5) is 16.2. The Bertz CT molecular complexity index is 915. The molecule has 3 fully saturated rings. The van der Waals surface area contributed by atoms with Crippen molar-refractivity contribution in [1.29, 1.82) is 0 Å². The predicted octanol–water partition coefficient (Wildman–Crippen LogP) is 2.25. The van der Waals surface area contributed by atoms with Gasteiger partial charge in [-0.25, -0.2) is 9.67 Å². The van der Waals surface area contributed by atoms with Gasteiger partial charge < -0.3 is 19.3 Å². The van der Waals surface area contributed by atoms with Crippen LogP contribution in [0, 0.1) is 0 Å². The maximum Gasteiger partial charge on any atom is 0.182 e. The van der Waals surface area contributed by atoms with Gasteiger partial charge in [-0.15, -0.1) is 0 Å². The second-order valence-corrected chi connectivity index (χ2v) is 8.03. The first-order chi connectivity index (χ1) is 13.0. The summed E-state index contributed by atoms with van der Waals surface area (Å²) in [6.45, 7) is -0.526. The minimum Gasteiger partial charge on any atom is -0.393 e. The molecule has 4 atom stereocenters. The summed E-state index contributed by atoms with van der Waals surface area (Å²) < 4.78 is 19.9. The van der Waals surface area contributed by atoms with E-state index in [1.165, 1.54) is 10.7 Å². The van der Waals surface area contributed by atoms with Gasteiger partial charge in [-0.05, 0) is 18.9 Å². The second kappa shape index (κ2) is 6.10. The Morgan fingerprint density at radius 3 is 2.78 bits per heavy atom. The van der Waals surface area contributed by atoms with Crippen LogP contribution < -0.4 is 0 Å². The van der Waals surface area contributed by atoms with Crippen LogP contribution in [-0.4, -0.2) is 56.4 Å². The highest BCUT2D eigenvalue weighted by molar-refractivity contribution is 6.37. The zero-order chi connectivity index (χ0) is 18.8. The Morgan fingerprint density at radius 1 is 1.30 bits per heavy atom. The number of aromatic nitrogens is 3. The molecule has 1 spiro atoms. The molecule has 3 aliphatic rings. The normalized spacial score (nSPS) is 34.6. The van der Waals surface area contributed by atoms with E-state index in [1.54, 1.807) is 6.20 Å². The van der Waals surface area contributed by atoms with Crippen LogP contribution in [-0.2, 0) is 19.0 Å². The number of fused-ring (bicyclic) bond motifs is 2. The molecule has 27 heavy (non-hydrogen) atoms. The van der Waals surface area contributed by atoms with Gasteiger partial charge in [0.05, 0.1) is 23.2 Å². The summed E-state index contributed by atoms with van der Waals surface area (Å²) in [6, 6.07) is 1.53. The molecular weight excluding hydrogens is 397 g/mol. The van der Waals surface area contributed by atoms with Crippen LogP contribution in [0.4, 0.5) is 0 Å². The number of aldehydes is 1. The molecule has 2 aromatic rings. The highest BCUT2D eigenvalue weighted by atomic mass is 35.5. The molecule has 2 aliphatic heterocycles. The number of carbonyl (C=O) groups is 1.